The molecule has 1 atom stereocenters. The summed E-state index contributed by atoms with van der Waals surface area (Å²) < 4.78 is 10.9. The summed E-state index contributed by atoms with van der Waals surface area (Å²) in [5.74, 6) is 0.203. The minimum absolute atomic E-state index is 0.299. The third-order valence-corrected chi connectivity index (χ3v) is 4.94. The van der Waals surface area contributed by atoms with Gasteiger partial charge in [0, 0.05) is 17.6 Å². The quantitative estimate of drug-likeness (QED) is 0.432. The number of pyridine rings is 1. The zero-order valence-electron chi connectivity index (χ0n) is 18.5. The minimum Gasteiger partial charge on any atom is -0.494 e. The second-order valence-corrected chi connectivity index (χ2v) is 7.20. The lowest BCUT2D eigenvalue weighted by Gasteiger charge is -2.30. The van der Waals surface area contributed by atoms with Crippen molar-refractivity contribution in [3.63, 3.8) is 0 Å². The van der Waals surface area contributed by atoms with Crippen LogP contribution >= 0.6 is 11.6 Å². The van der Waals surface area contributed by atoms with Crippen molar-refractivity contribution in [1.29, 1.82) is 0 Å². The van der Waals surface area contributed by atoms with Crippen LogP contribution in [-0.2, 0) is 9.59 Å². The molecule has 0 fully saturated rings. The van der Waals surface area contributed by atoms with Crippen LogP contribution in [0.15, 0.2) is 72.9 Å². The summed E-state index contributed by atoms with van der Waals surface area (Å²) in [6, 6.07) is 18.1. The van der Waals surface area contributed by atoms with Gasteiger partial charge in [-0.05, 0) is 74.5 Å². The standard InChI is InChI=1S/C25H26ClN3O4/c1-3-32-20-12-8-18(9-13-20)28-25(31)24(22-7-5-6-16-27-22)29(23(30)17-26)19-10-14-21(15-11-19)33-4-2/h5-16,24H,3-4,17H2,1-2H3,(H,28,31)/t24-/m1/s1. The van der Waals surface area contributed by atoms with Gasteiger partial charge in [0.1, 0.15) is 17.4 Å². The van der Waals surface area contributed by atoms with E-state index in [1.807, 2.05) is 13.8 Å². The summed E-state index contributed by atoms with van der Waals surface area (Å²) in [5, 5.41) is 2.87. The van der Waals surface area contributed by atoms with Gasteiger partial charge in [-0.15, -0.1) is 11.6 Å². The third-order valence-electron chi connectivity index (χ3n) is 4.72. The molecular formula is C25H26ClN3O4. The number of nitrogens with one attached hydrogen (secondary N) is 1. The van der Waals surface area contributed by atoms with Gasteiger partial charge in [-0.25, -0.2) is 0 Å². The molecule has 8 heteroatoms. The second-order valence-electron chi connectivity index (χ2n) is 6.93. The highest BCUT2D eigenvalue weighted by Crippen LogP contribution is 2.30. The minimum atomic E-state index is -1.04. The number of nitrogens with zero attached hydrogens (tertiary/aromatic N) is 2. The van der Waals surface area contributed by atoms with E-state index in [4.69, 9.17) is 21.1 Å². The van der Waals surface area contributed by atoms with E-state index < -0.39 is 17.9 Å². The lowest BCUT2D eigenvalue weighted by atomic mass is 10.1. The molecule has 0 unspecified atom stereocenters. The largest absolute Gasteiger partial charge is 0.494 e. The van der Waals surface area contributed by atoms with Crippen LogP contribution in [0.5, 0.6) is 11.5 Å². The van der Waals surface area contributed by atoms with Gasteiger partial charge >= 0.3 is 0 Å². The number of hydrogen-bond acceptors (Lipinski definition) is 5. The van der Waals surface area contributed by atoms with E-state index in [-0.39, 0.29) is 5.88 Å². The van der Waals surface area contributed by atoms with Crippen molar-refractivity contribution < 1.29 is 19.1 Å². The van der Waals surface area contributed by atoms with Crippen molar-refractivity contribution in [3.8, 4) is 11.5 Å². The summed E-state index contributed by atoms with van der Waals surface area (Å²) in [6.45, 7) is 4.85. The smallest absolute Gasteiger partial charge is 0.253 e. The van der Waals surface area contributed by atoms with E-state index in [9.17, 15) is 9.59 Å². The predicted molar refractivity (Wildman–Crippen MR) is 129 cm³/mol. The van der Waals surface area contributed by atoms with Gasteiger partial charge in [-0.2, -0.15) is 0 Å². The molecule has 2 aromatic carbocycles. The fourth-order valence-corrected chi connectivity index (χ4v) is 3.43. The van der Waals surface area contributed by atoms with Gasteiger partial charge in [0.05, 0.1) is 18.9 Å². The number of amides is 2. The first-order chi connectivity index (χ1) is 16.1. The van der Waals surface area contributed by atoms with Crippen molar-refractivity contribution in [3.05, 3.63) is 78.6 Å². The van der Waals surface area contributed by atoms with Crippen LogP contribution in [0, 0.1) is 0 Å². The molecule has 33 heavy (non-hydrogen) atoms. The Bertz CT molecular complexity index is 1040. The highest BCUT2D eigenvalue weighted by atomic mass is 35.5. The van der Waals surface area contributed by atoms with Crippen molar-refractivity contribution in [2.45, 2.75) is 19.9 Å². The molecular weight excluding hydrogens is 442 g/mol. The molecule has 3 aromatic rings. The number of ether oxygens (including phenoxy) is 2. The maximum absolute atomic E-state index is 13.5. The van der Waals surface area contributed by atoms with E-state index in [0.717, 1.165) is 0 Å². The number of hydrogen-bond donors (Lipinski definition) is 1. The monoisotopic (exact) mass is 467 g/mol. The normalized spacial score (nSPS) is 11.4. The van der Waals surface area contributed by atoms with Crippen molar-refractivity contribution >= 4 is 34.8 Å². The summed E-state index contributed by atoms with van der Waals surface area (Å²) in [5.41, 5.74) is 1.48. The highest BCUT2D eigenvalue weighted by Gasteiger charge is 2.33. The Kier molecular flexibility index (Phi) is 8.66. The van der Waals surface area contributed by atoms with Crippen LogP contribution in [0.2, 0.25) is 0 Å². The molecule has 0 bridgehead atoms. The van der Waals surface area contributed by atoms with Gasteiger partial charge in [-0.3, -0.25) is 19.5 Å². The highest BCUT2D eigenvalue weighted by molar-refractivity contribution is 6.30. The Morgan fingerprint density at radius 3 is 2.06 bits per heavy atom. The molecule has 1 heterocycles. The lowest BCUT2D eigenvalue weighted by molar-refractivity contribution is -0.122. The first kappa shape index (κ1) is 24.1. The van der Waals surface area contributed by atoms with Gasteiger partial charge in [0.15, 0.2) is 6.04 Å². The summed E-state index contributed by atoms with van der Waals surface area (Å²) in [7, 11) is 0. The number of aromatic nitrogens is 1. The molecule has 0 aliphatic rings. The number of benzene rings is 2. The number of carbonyl (C=O) groups excluding carboxylic acids is 2. The Hall–Kier alpha value is -3.58. The Labute approximate surface area is 198 Å². The van der Waals surface area contributed by atoms with E-state index >= 15 is 0 Å². The SMILES string of the molecule is CCOc1ccc(NC(=O)[C@@H](c2ccccn2)N(C(=O)CCl)c2ccc(OCC)cc2)cc1. The Morgan fingerprint density at radius 1 is 0.939 bits per heavy atom. The molecule has 0 saturated heterocycles. The molecule has 172 valence electrons. The molecule has 0 spiro atoms. The fraction of sp³-hybridized carbons (Fsp3) is 0.240. The average molecular weight is 468 g/mol. The van der Waals surface area contributed by atoms with Crippen LogP contribution in [0.4, 0.5) is 11.4 Å². The summed E-state index contributed by atoms with van der Waals surface area (Å²) in [6.07, 6.45) is 1.58. The molecule has 1 N–H and O–H groups in total. The molecule has 2 amide bonds. The van der Waals surface area contributed by atoms with Crippen LogP contribution < -0.4 is 19.7 Å². The van der Waals surface area contributed by atoms with E-state index in [2.05, 4.69) is 10.3 Å². The molecule has 3 rings (SSSR count). The maximum Gasteiger partial charge on any atom is 0.253 e. The zero-order chi connectivity index (χ0) is 23.6. The third kappa shape index (κ3) is 6.23. The van der Waals surface area contributed by atoms with E-state index in [1.54, 1.807) is 72.9 Å². The van der Waals surface area contributed by atoms with Crippen molar-refractivity contribution in [1.82, 2.24) is 4.98 Å². The fourth-order valence-electron chi connectivity index (χ4n) is 3.30. The van der Waals surface area contributed by atoms with Crippen LogP contribution in [0.1, 0.15) is 25.6 Å². The predicted octanol–water partition coefficient (Wildman–Crippen LogP) is 4.83. The Morgan fingerprint density at radius 2 is 1.55 bits per heavy atom. The Balaban J connectivity index is 1.97. The van der Waals surface area contributed by atoms with Gasteiger partial charge < -0.3 is 14.8 Å². The second kappa shape index (κ2) is 11.9. The van der Waals surface area contributed by atoms with Gasteiger partial charge in [0.2, 0.25) is 5.91 Å². The van der Waals surface area contributed by atoms with Crippen LogP contribution in [0.25, 0.3) is 0 Å². The molecule has 0 aliphatic heterocycles. The van der Waals surface area contributed by atoms with Crippen LogP contribution in [0.3, 0.4) is 0 Å². The number of anilines is 2. The van der Waals surface area contributed by atoms with Crippen molar-refractivity contribution in [2.75, 3.05) is 29.3 Å². The maximum atomic E-state index is 13.5. The number of carbonyl (C=O) groups is 2. The van der Waals surface area contributed by atoms with E-state index in [1.165, 1.54) is 4.90 Å². The number of alkyl halides is 1. The van der Waals surface area contributed by atoms with E-state index in [0.29, 0.717) is 41.8 Å². The summed E-state index contributed by atoms with van der Waals surface area (Å²) >= 11 is 5.94. The molecule has 0 saturated carbocycles. The molecule has 0 radical (unpaired) electrons. The molecule has 7 nitrogen and oxygen atoms in total. The van der Waals surface area contributed by atoms with Gasteiger partial charge in [0.25, 0.3) is 5.91 Å². The molecule has 0 aliphatic carbocycles. The average Bonchev–Trinajstić information content (AvgIpc) is 2.84. The number of rotatable bonds is 10. The first-order valence-electron chi connectivity index (χ1n) is 10.6. The van der Waals surface area contributed by atoms with Gasteiger partial charge in [-0.1, -0.05) is 6.07 Å². The first-order valence-corrected chi connectivity index (χ1v) is 11.2. The zero-order valence-corrected chi connectivity index (χ0v) is 19.3. The van der Waals surface area contributed by atoms with Crippen LogP contribution in [-0.4, -0.2) is 35.9 Å². The molecule has 1 aromatic heterocycles. The van der Waals surface area contributed by atoms with Crippen molar-refractivity contribution in [2.24, 2.45) is 0 Å². The summed E-state index contributed by atoms with van der Waals surface area (Å²) in [4.78, 5) is 32.1. The lowest BCUT2D eigenvalue weighted by Crippen LogP contribution is -2.42. The topological polar surface area (TPSA) is 80.8 Å². The number of halogens is 1.